The summed E-state index contributed by atoms with van der Waals surface area (Å²) in [6.45, 7) is 2.01. The van der Waals surface area contributed by atoms with Gasteiger partial charge in [0.15, 0.2) is 0 Å². The largest absolute Gasteiger partial charge is 0.469 e. The van der Waals surface area contributed by atoms with Gasteiger partial charge in [0, 0.05) is 18.4 Å². The molecule has 1 aromatic heterocycles. The van der Waals surface area contributed by atoms with Crippen LogP contribution >= 0.6 is 23.7 Å². The molecule has 2 N–H and O–H groups in total. The first-order chi connectivity index (χ1) is 12.7. The molecule has 2 fully saturated rings. The minimum atomic E-state index is -0.138. The van der Waals surface area contributed by atoms with Crippen LogP contribution in [0, 0.1) is 5.92 Å². The lowest BCUT2D eigenvalue weighted by atomic mass is 9.83. The normalized spacial score (nSPS) is 23.3. The van der Waals surface area contributed by atoms with E-state index >= 15 is 0 Å². The molecule has 27 heavy (non-hydrogen) atoms. The molecule has 9 heteroatoms. The number of ether oxygens (including phenoxy) is 1. The smallest absolute Gasteiger partial charge is 0.305 e. The number of amides is 1. The molecule has 2 heterocycles. The van der Waals surface area contributed by atoms with Gasteiger partial charge in [-0.15, -0.1) is 22.6 Å². The molecule has 0 unspecified atom stereocenters. The van der Waals surface area contributed by atoms with E-state index in [1.54, 1.807) is 0 Å². The molecule has 1 amide bonds. The number of rotatable bonds is 6. The third kappa shape index (κ3) is 6.40. The van der Waals surface area contributed by atoms with Crippen molar-refractivity contribution in [3.8, 4) is 0 Å². The molecule has 1 saturated heterocycles. The molecule has 0 radical (unpaired) electrons. The van der Waals surface area contributed by atoms with Crippen molar-refractivity contribution in [3.63, 3.8) is 0 Å². The molecule has 2 aliphatic rings. The number of piperidine rings is 1. The first-order valence-electron chi connectivity index (χ1n) is 9.57. The van der Waals surface area contributed by atoms with Crippen LogP contribution in [-0.2, 0) is 9.53 Å². The number of carbonyl (C=O) groups excluding carboxylic acids is 2. The van der Waals surface area contributed by atoms with Crippen LogP contribution in [0.25, 0.3) is 0 Å². The number of nitrogens with one attached hydrogen (secondary N) is 2. The molecule has 0 aromatic carbocycles. The van der Waals surface area contributed by atoms with E-state index in [0.29, 0.717) is 23.3 Å². The van der Waals surface area contributed by atoms with Crippen LogP contribution in [0.1, 0.15) is 72.1 Å². The molecule has 1 saturated carbocycles. The van der Waals surface area contributed by atoms with Crippen molar-refractivity contribution in [2.75, 3.05) is 20.2 Å². The predicted molar refractivity (Wildman–Crippen MR) is 106 cm³/mol. The van der Waals surface area contributed by atoms with Gasteiger partial charge >= 0.3 is 5.97 Å². The number of aromatic nitrogens is 2. The zero-order chi connectivity index (χ0) is 18.4. The van der Waals surface area contributed by atoms with E-state index in [0.717, 1.165) is 63.0 Å². The van der Waals surface area contributed by atoms with Gasteiger partial charge in [-0.3, -0.25) is 9.59 Å². The maximum atomic E-state index is 12.5. The van der Waals surface area contributed by atoms with Crippen LogP contribution < -0.4 is 10.6 Å². The maximum Gasteiger partial charge on any atom is 0.305 e. The number of esters is 1. The van der Waals surface area contributed by atoms with Crippen molar-refractivity contribution in [2.24, 2.45) is 5.92 Å². The van der Waals surface area contributed by atoms with E-state index in [1.165, 1.54) is 18.4 Å². The van der Waals surface area contributed by atoms with Crippen molar-refractivity contribution >= 4 is 35.6 Å². The van der Waals surface area contributed by atoms with Gasteiger partial charge in [-0.2, -0.15) is 0 Å². The van der Waals surface area contributed by atoms with Crippen LogP contribution in [0.2, 0.25) is 0 Å². The number of hydrogen-bond acceptors (Lipinski definition) is 7. The second kappa shape index (κ2) is 10.9. The van der Waals surface area contributed by atoms with Gasteiger partial charge in [0.05, 0.1) is 7.11 Å². The molecular weight excluding hydrogens is 388 g/mol. The highest BCUT2D eigenvalue weighted by Crippen LogP contribution is 2.29. The van der Waals surface area contributed by atoms with Crippen molar-refractivity contribution in [1.29, 1.82) is 0 Å². The fraction of sp³-hybridized carbons (Fsp3) is 0.778. The quantitative estimate of drug-likeness (QED) is 0.692. The van der Waals surface area contributed by atoms with Crippen LogP contribution in [0.4, 0.5) is 0 Å². The van der Waals surface area contributed by atoms with Gasteiger partial charge in [-0.05, 0) is 64.0 Å². The number of methoxy groups -OCH3 is 1. The van der Waals surface area contributed by atoms with Gasteiger partial charge in [0.25, 0.3) is 5.91 Å². The SMILES string of the molecule is COC(=O)CCC1CCC(NC(=O)c2nnc(C3CCNCC3)s2)CC1.Cl. The predicted octanol–water partition coefficient (Wildman–Crippen LogP) is 2.67. The Morgan fingerprint density at radius 3 is 2.52 bits per heavy atom. The Morgan fingerprint density at radius 1 is 1.15 bits per heavy atom. The minimum Gasteiger partial charge on any atom is -0.469 e. The lowest BCUT2D eigenvalue weighted by molar-refractivity contribution is -0.141. The molecular formula is C18H29ClN4O3S. The molecule has 7 nitrogen and oxygen atoms in total. The fourth-order valence-electron chi connectivity index (χ4n) is 3.83. The lowest BCUT2D eigenvalue weighted by Gasteiger charge is -2.28. The van der Waals surface area contributed by atoms with Crippen LogP contribution in [0.3, 0.4) is 0 Å². The van der Waals surface area contributed by atoms with E-state index in [4.69, 9.17) is 4.74 Å². The second-order valence-electron chi connectivity index (χ2n) is 7.28. The van der Waals surface area contributed by atoms with E-state index < -0.39 is 0 Å². The zero-order valence-corrected chi connectivity index (χ0v) is 17.4. The molecule has 0 atom stereocenters. The third-order valence-corrected chi connectivity index (χ3v) is 6.57. The Labute approximate surface area is 170 Å². The van der Waals surface area contributed by atoms with Gasteiger partial charge in [0.1, 0.15) is 5.01 Å². The number of halogens is 1. The summed E-state index contributed by atoms with van der Waals surface area (Å²) in [5, 5.41) is 16.3. The van der Waals surface area contributed by atoms with E-state index in [1.807, 2.05) is 0 Å². The third-order valence-electron chi connectivity index (χ3n) is 5.49. The van der Waals surface area contributed by atoms with E-state index in [-0.39, 0.29) is 30.3 Å². The summed E-state index contributed by atoms with van der Waals surface area (Å²) in [4.78, 5) is 23.7. The minimum absolute atomic E-state index is 0. The van der Waals surface area contributed by atoms with E-state index in [2.05, 4.69) is 20.8 Å². The summed E-state index contributed by atoms with van der Waals surface area (Å²) in [5.41, 5.74) is 0. The Kier molecular flexibility index (Phi) is 8.92. The number of nitrogens with zero attached hydrogens (tertiary/aromatic N) is 2. The molecule has 1 aliphatic carbocycles. The van der Waals surface area contributed by atoms with Gasteiger partial charge in [-0.1, -0.05) is 11.3 Å². The first kappa shape index (κ1) is 22.0. The molecule has 1 aromatic rings. The second-order valence-corrected chi connectivity index (χ2v) is 8.28. The Bertz CT molecular complexity index is 614. The van der Waals surface area contributed by atoms with Crippen molar-refractivity contribution in [3.05, 3.63) is 10.0 Å². The Hall–Kier alpha value is -1.25. The van der Waals surface area contributed by atoms with Crippen LogP contribution in [-0.4, -0.2) is 48.3 Å². The lowest BCUT2D eigenvalue weighted by Crippen LogP contribution is -2.37. The van der Waals surface area contributed by atoms with Crippen LogP contribution in [0.15, 0.2) is 0 Å². The molecule has 1 aliphatic heterocycles. The summed E-state index contributed by atoms with van der Waals surface area (Å²) in [5.74, 6) is 0.748. The van der Waals surface area contributed by atoms with Gasteiger partial charge in [0.2, 0.25) is 5.01 Å². The highest BCUT2D eigenvalue weighted by Gasteiger charge is 2.26. The summed E-state index contributed by atoms with van der Waals surface area (Å²) in [6, 6.07) is 0.197. The summed E-state index contributed by atoms with van der Waals surface area (Å²) in [7, 11) is 1.43. The van der Waals surface area contributed by atoms with Gasteiger partial charge < -0.3 is 15.4 Å². The molecule has 0 spiro atoms. The Morgan fingerprint density at radius 2 is 1.85 bits per heavy atom. The summed E-state index contributed by atoms with van der Waals surface area (Å²) < 4.78 is 4.70. The average Bonchev–Trinajstić information content (AvgIpc) is 3.18. The zero-order valence-electron chi connectivity index (χ0n) is 15.7. The van der Waals surface area contributed by atoms with Crippen molar-refractivity contribution in [2.45, 2.75) is 63.3 Å². The molecule has 3 rings (SSSR count). The number of hydrogen-bond donors (Lipinski definition) is 2. The highest BCUT2D eigenvalue weighted by molar-refractivity contribution is 7.13. The summed E-state index contributed by atoms with van der Waals surface area (Å²) >= 11 is 1.44. The maximum absolute atomic E-state index is 12.5. The standard InChI is InChI=1S/C18H28N4O3S.ClH/c1-25-15(23)7-4-12-2-5-14(6-3-12)20-16(24)18-22-21-17(26-18)13-8-10-19-11-9-13;/h12-14,19H,2-11H2,1H3,(H,20,24);1H. The van der Waals surface area contributed by atoms with E-state index in [9.17, 15) is 9.59 Å². The Balaban J connectivity index is 0.00000261. The number of carbonyl (C=O) groups is 2. The monoisotopic (exact) mass is 416 g/mol. The van der Waals surface area contributed by atoms with Crippen molar-refractivity contribution in [1.82, 2.24) is 20.8 Å². The fourth-order valence-corrected chi connectivity index (χ4v) is 4.74. The highest BCUT2D eigenvalue weighted by atomic mass is 35.5. The van der Waals surface area contributed by atoms with Crippen LogP contribution in [0.5, 0.6) is 0 Å². The first-order valence-corrected chi connectivity index (χ1v) is 10.4. The topological polar surface area (TPSA) is 93.2 Å². The van der Waals surface area contributed by atoms with Crippen molar-refractivity contribution < 1.29 is 14.3 Å². The average molecular weight is 417 g/mol. The van der Waals surface area contributed by atoms with Gasteiger partial charge in [-0.25, -0.2) is 0 Å². The molecule has 152 valence electrons. The molecule has 0 bridgehead atoms. The summed E-state index contributed by atoms with van der Waals surface area (Å²) in [6.07, 6.45) is 7.48.